The highest BCUT2D eigenvalue weighted by Gasteiger charge is 2.05. The normalized spacial score (nSPS) is 10.5. The number of rotatable bonds is 6. The van der Waals surface area contributed by atoms with Crippen molar-refractivity contribution in [3.63, 3.8) is 0 Å². The summed E-state index contributed by atoms with van der Waals surface area (Å²) in [5, 5.41) is 7.95. The van der Waals surface area contributed by atoms with Gasteiger partial charge in [-0.1, -0.05) is 13.0 Å². The molecule has 19 heavy (non-hydrogen) atoms. The van der Waals surface area contributed by atoms with Crippen LogP contribution in [0.2, 0.25) is 0 Å². The fraction of sp³-hybridized carbons (Fsp3) is 0.400. The van der Waals surface area contributed by atoms with Crippen LogP contribution in [-0.2, 0) is 19.5 Å². The van der Waals surface area contributed by atoms with Gasteiger partial charge in [0.1, 0.15) is 5.75 Å². The molecule has 2 rings (SSSR count). The SMILES string of the molecule is CCc1cc(CNc2cccc(OC)c2)n(CC)n1. The van der Waals surface area contributed by atoms with E-state index in [-0.39, 0.29) is 0 Å². The lowest BCUT2D eigenvalue weighted by atomic mass is 10.2. The molecule has 2 aromatic rings. The molecule has 0 fully saturated rings. The molecule has 0 radical (unpaired) electrons. The van der Waals surface area contributed by atoms with Crippen LogP contribution in [0.5, 0.6) is 5.75 Å². The molecule has 0 aliphatic heterocycles. The number of aryl methyl sites for hydroxylation is 2. The second kappa shape index (κ2) is 6.27. The van der Waals surface area contributed by atoms with Crippen molar-refractivity contribution in [2.75, 3.05) is 12.4 Å². The third kappa shape index (κ3) is 3.28. The van der Waals surface area contributed by atoms with Crippen molar-refractivity contribution in [3.8, 4) is 5.75 Å². The number of methoxy groups -OCH3 is 1. The Kier molecular flexibility index (Phi) is 4.44. The third-order valence-electron chi connectivity index (χ3n) is 3.12. The van der Waals surface area contributed by atoms with Crippen molar-refractivity contribution in [2.24, 2.45) is 0 Å². The van der Waals surface area contributed by atoms with Gasteiger partial charge in [0, 0.05) is 18.3 Å². The molecule has 0 aliphatic carbocycles. The highest BCUT2D eigenvalue weighted by Crippen LogP contribution is 2.17. The molecule has 4 heteroatoms. The van der Waals surface area contributed by atoms with Crippen LogP contribution < -0.4 is 10.1 Å². The van der Waals surface area contributed by atoms with E-state index in [1.54, 1.807) is 7.11 Å². The molecular weight excluding hydrogens is 238 g/mol. The average Bonchev–Trinajstić information content (AvgIpc) is 2.87. The molecule has 1 aromatic carbocycles. The first-order valence-electron chi connectivity index (χ1n) is 6.70. The summed E-state index contributed by atoms with van der Waals surface area (Å²) in [7, 11) is 1.68. The van der Waals surface area contributed by atoms with Crippen molar-refractivity contribution in [3.05, 3.63) is 41.7 Å². The molecule has 0 unspecified atom stereocenters. The number of benzene rings is 1. The molecule has 0 saturated heterocycles. The van der Waals surface area contributed by atoms with E-state index in [9.17, 15) is 0 Å². The monoisotopic (exact) mass is 259 g/mol. The summed E-state index contributed by atoms with van der Waals surface area (Å²) in [5.74, 6) is 0.864. The van der Waals surface area contributed by atoms with E-state index in [1.807, 2.05) is 28.9 Å². The van der Waals surface area contributed by atoms with Gasteiger partial charge in [-0.15, -0.1) is 0 Å². The highest BCUT2D eigenvalue weighted by atomic mass is 16.5. The van der Waals surface area contributed by atoms with Crippen LogP contribution in [-0.4, -0.2) is 16.9 Å². The van der Waals surface area contributed by atoms with Crippen molar-refractivity contribution < 1.29 is 4.74 Å². The molecule has 1 aromatic heterocycles. The van der Waals surface area contributed by atoms with E-state index in [4.69, 9.17) is 4.74 Å². The Balaban J connectivity index is 2.07. The van der Waals surface area contributed by atoms with Crippen molar-refractivity contribution >= 4 is 5.69 Å². The number of aromatic nitrogens is 2. The number of ether oxygens (including phenoxy) is 1. The lowest BCUT2D eigenvalue weighted by Crippen LogP contribution is -2.07. The Morgan fingerprint density at radius 1 is 1.26 bits per heavy atom. The number of nitrogens with one attached hydrogen (secondary N) is 1. The van der Waals surface area contributed by atoms with Crippen molar-refractivity contribution in [1.82, 2.24) is 9.78 Å². The fourth-order valence-corrected chi connectivity index (χ4v) is 2.03. The zero-order valence-electron chi connectivity index (χ0n) is 11.8. The van der Waals surface area contributed by atoms with E-state index in [1.165, 1.54) is 5.69 Å². The fourth-order valence-electron chi connectivity index (χ4n) is 2.03. The molecular formula is C15H21N3O. The van der Waals surface area contributed by atoms with Gasteiger partial charge in [-0.3, -0.25) is 4.68 Å². The molecule has 102 valence electrons. The van der Waals surface area contributed by atoms with Gasteiger partial charge in [-0.2, -0.15) is 5.10 Å². The Hall–Kier alpha value is -1.97. The summed E-state index contributed by atoms with van der Waals surface area (Å²) in [6.07, 6.45) is 0.971. The second-order valence-electron chi connectivity index (χ2n) is 4.38. The predicted octanol–water partition coefficient (Wildman–Crippen LogP) is 3.09. The van der Waals surface area contributed by atoms with E-state index >= 15 is 0 Å². The standard InChI is InChI=1S/C15H21N3O/c1-4-12-9-14(18(5-2)17-12)11-16-13-7-6-8-15(10-13)19-3/h6-10,16H,4-5,11H2,1-3H3. The summed E-state index contributed by atoms with van der Waals surface area (Å²) in [6, 6.07) is 10.1. The number of nitrogens with zero attached hydrogens (tertiary/aromatic N) is 2. The Labute approximate surface area is 114 Å². The summed E-state index contributed by atoms with van der Waals surface area (Å²) >= 11 is 0. The Bertz CT molecular complexity index is 534. The number of hydrogen-bond acceptors (Lipinski definition) is 3. The number of anilines is 1. The van der Waals surface area contributed by atoms with Crippen LogP contribution in [0.3, 0.4) is 0 Å². The van der Waals surface area contributed by atoms with Gasteiger partial charge in [-0.25, -0.2) is 0 Å². The van der Waals surface area contributed by atoms with Crippen LogP contribution in [0.15, 0.2) is 30.3 Å². The summed E-state index contributed by atoms with van der Waals surface area (Å²) in [4.78, 5) is 0. The van der Waals surface area contributed by atoms with Crippen molar-refractivity contribution in [1.29, 1.82) is 0 Å². The first kappa shape index (κ1) is 13.5. The van der Waals surface area contributed by atoms with Gasteiger partial charge in [0.05, 0.1) is 25.0 Å². The molecule has 0 atom stereocenters. The van der Waals surface area contributed by atoms with Gasteiger partial charge in [0.2, 0.25) is 0 Å². The maximum absolute atomic E-state index is 5.22. The molecule has 0 bridgehead atoms. The molecule has 1 heterocycles. The summed E-state index contributed by atoms with van der Waals surface area (Å²) < 4.78 is 7.26. The van der Waals surface area contributed by atoms with Crippen molar-refractivity contribution in [2.45, 2.75) is 33.4 Å². The molecule has 1 N–H and O–H groups in total. The first-order valence-corrected chi connectivity index (χ1v) is 6.70. The van der Waals surface area contributed by atoms with Gasteiger partial charge < -0.3 is 10.1 Å². The zero-order valence-corrected chi connectivity index (χ0v) is 11.8. The minimum absolute atomic E-state index is 0.772. The second-order valence-corrected chi connectivity index (χ2v) is 4.38. The van der Waals surface area contributed by atoms with Gasteiger partial charge in [0.25, 0.3) is 0 Å². The maximum Gasteiger partial charge on any atom is 0.120 e. The zero-order chi connectivity index (χ0) is 13.7. The average molecular weight is 259 g/mol. The first-order chi connectivity index (χ1) is 9.26. The van der Waals surface area contributed by atoms with E-state index in [2.05, 4.69) is 30.3 Å². The van der Waals surface area contributed by atoms with Crippen LogP contribution in [0, 0.1) is 0 Å². The largest absolute Gasteiger partial charge is 0.497 e. The third-order valence-corrected chi connectivity index (χ3v) is 3.12. The van der Waals surface area contributed by atoms with Crippen LogP contribution in [0.4, 0.5) is 5.69 Å². The molecule has 0 amide bonds. The molecule has 0 saturated carbocycles. The van der Waals surface area contributed by atoms with E-state index in [0.29, 0.717) is 0 Å². The maximum atomic E-state index is 5.22. The molecule has 4 nitrogen and oxygen atoms in total. The summed E-state index contributed by atoms with van der Waals surface area (Å²) in [5.41, 5.74) is 3.41. The minimum atomic E-state index is 0.772. The molecule has 0 aliphatic rings. The lowest BCUT2D eigenvalue weighted by Gasteiger charge is -2.09. The van der Waals surface area contributed by atoms with Crippen LogP contribution in [0.1, 0.15) is 25.2 Å². The summed E-state index contributed by atoms with van der Waals surface area (Å²) in [6.45, 7) is 5.91. The Morgan fingerprint density at radius 2 is 2.11 bits per heavy atom. The number of hydrogen-bond donors (Lipinski definition) is 1. The van der Waals surface area contributed by atoms with Crippen LogP contribution >= 0.6 is 0 Å². The topological polar surface area (TPSA) is 39.1 Å². The highest BCUT2D eigenvalue weighted by molar-refractivity contribution is 5.48. The van der Waals surface area contributed by atoms with E-state index in [0.717, 1.165) is 36.6 Å². The predicted molar refractivity (Wildman–Crippen MR) is 77.6 cm³/mol. The quantitative estimate of drug-likeness (QED) is 0.866. The van der Waals surface area contributed by atoms with Gasteiger partial charge in [0.15, 0.2) is 0 Å². The van der Waals surface area contributed by atoms with Gasteiger partial charge in [-0.05, 0) is 31.5 Å². The molecule has 0 spiro atoms. The lowest BCUT2D eigenvalue weighted by molar-refractivity contribution is 0.415. The minimum Gasteiger partial charge on any atom is -0.497 e. The Morgan fingerprint density at radius 3 is 2.79 bits per heavy atom. The van der Waals surface area contributed by atoms with Crippen LogP contribution in [0.25, 0.3) is 0 Å². The van der Waals surface area contributed by atoms with E-state index < -0.39 is 0 Å². The van der Waals surface area contributed by atoms with Gasteiger partial charge >= 0.3 is 0 Å². The smallest absolute Gasteiger partial charge is 0.120 e.